The summed E-state index contributed by atoms with van der Waals surface area (Å²) in [7, 11) is 0. The lowest BCUT2D eigenvalue weighted by atomic mass is 10.00. The minimum absolute atomic E-state index is 0. The Bertz CT molecular complexity index is 697. The summed E-state index contributed by atoms with van der Waals surface area (Å²) in [6, 6.07) is 12.0. The van der Waals surface area contributed by atoms with Crippen molar-refractivity contribution in [2.45, 2.75) is 26.8 Å². The normalized spacial score (nSPS) is 13.0. The number of anilines is 1. The van der Waals surface area contributed by atoms with Gasteiger partial charge in [-0.3, -0.25) is 4.79 Å². The molecule has 4 heteroatoms. The van der Waals surface area contributed by atoms with Crippen molar-refractivity contribution in [1.82, 2.24) is 5.32 Å². The molecule has 0 fully saturated rings. The van der Waals surface area contributed by atoms with Gasteiger partial charge in [0.15, 0.2) is 0 Å². The first-order chi connectivity index (χ1) is 10.1. The number of halogens is 1. The summed E-state index contributed by atoms with van der Waals surface area (Å²) in [6.07, 6.45) is 1.06. The summed E-state index contributed by atoms with van der Waals surface area (Å²) < 4.78 is 0. The molecule has 0 aliphatic carbocycles. The predicted molar refractivity (Wildman–Crippen MR) is 93.0 cm³/mol. The maximum absolute atomic E-state index is 12.4. The van der Waals surface area contributed by atoms with Gasteiger partial charge in [0.05, 0.1) is 0 Å². The number of carbonyl (C=O) groups is 1. The molecule has 1 aliphatic rings. The van der Waals surface area contributed by atoms with Crippen LogP contribution in [0.25, 0.3) is 0 Å². The summed E-state index contributed by atoms with van der Waals surface area (Å²) in [5, 5.41) is 6.37. The molecule has 0 spiro atoms. The minimum Gasteiger partial charge on any atom is -0.322 e. The Labute approximate surface area is 137 Å². The van der Waals surface area contributed by atoms with E-state index >= 15 is 0 Å². The smallest absolute Gasteiger partial charge is 0.255 e. The van der Waals surface area contributed by atoms with E-state index in [-0.39, 0.29) is 18.3 Å². The zero-order valence-corrected chi connectivity index (χ0v) is 13.7. The number of hydrogen-bond acceptors (Lipinski definition) is 2. The Hall–Kier alpha value is -1.84. The molecule has 2 aromatic rings. The molecule has 22 heavy (non-hydrogen) atoms. The second-order valence-corrected chi connectivity index (χ2v) is 5.61. The Morgan fingerprint density at radius 1 is 1.14 bits per heavy atom. The van der Waals surface area contributed by atoms with Crippen LogP contribution in [0.2, 0.25) is 0 Å². The van der Waals surface area contributed by atoms with Crippen LogP contribution in [-0.4, -0.2) is 12.5 Å². The van der Waals surface area contributed by atoms with Crippen molar-refractivity contribution in [2.75, 3.05) is 11.9 Å². The highest BCUT2D eigenvalue weighted by Crippen LogP contribution is 2.20. The van der Waals surface area contributed by atoms with E-state index in [0.717, 1.165) is 41.9 Å². The molecular weight excluding hydrogens is 296 g/mol. The number of rotatable bonds is 2. The molecule has 116 valence electrons. The van der Waals surface area contributed by atoms with Gasteiger partial charge in [0.2, 0.25) is 0 Å². The summed E-state index contributed by atoms with van der Waals surface area (Å²) in [4.78, 5) is 12.4. The highest BCUT2D eigenvalue weighted by atomic mass is 35.5. The lowest BCUT2D eigenvalue weighted by molar-refractivity contribution is 0.102. The molecule has 1 amide bonds. The second-order valence-electron chi connectivity index (χ2n) is 5.61. The summed E-state index contributed by atoms with van der Waals surface area (Å²) in [5.41, 5.74) is 6.43. The fourth-order valence-electron chi connectivity index (χ4n) is 2.75. The fraction of sp³-hybridized carbons (Fsp3) is 0.278. The van der Waals surface area contributed by atoms with Gasteiger partial charge in [-0.15, -0.1) is 12.4 Å². The fourth-order valence-corrected chi connectivity index (χ4v) is 2.75. The van der Waals surface area contributed by atoms with Gasteiger partial charge in [-0.1, -0.05) is 18.2 Å². The summed E-state index contributed by atoms with van der Waals surface area (Å²) in [5.74, 6) is -0.0417. The molecule has 2 N–H and O–H groups in total. The van der Waals surface area contributed by atoms with Gasteiger partial charge in [0, 0.05) is 17.8 Å². The molecule has 1 heterocycles. The lowest BCUT2D eigenvalue weighted by Crippen LogP contribution is -2.23. The van der Waals surface area contributed by atoms with Crippen LogP contribution >= 0.6 is 12.4 Å². The molecule has 0 radical (unpaired) electrons. The molecule has 0 aromatic heterocycles. The van der Waals surface area contributed by atoms with Crippen LogP contribution < -0.4 is 10.6 Å². The summed E-state index contributed by atoms with van der Waals surface area (Å²) >= 11 is 0. The van der Waals surface area contributed by atoms with Crippen molar-refractivity contribution >= 4 is 24.0 Å². The van der Waals surface area contributed by atoms with Crippen molar-refractivity contribution in [2.24, 2.45) is 0 Å². The quantitative estimate of drug-likeness (QED) is 0.888. The van der Waals surface area contributed by atoms with Gasteiger partial charge >= 0.3 is 0 Å². The molecule has 3 nitrogen and oxygen atoms in total. The van der Waals surface area contributed by atoms with Gasteiger partial charge in [0.25, 0.3) is 5.91 Å². The third-order valence-electron chi connectivity index (χ3n) is 4.20. The predicted octanol–water partition coefficient (Wildman–Crippen LogP) is 3.62. The Balaban J connectivity index is 0.00000176. The first-order valence-electron chi connectivity index (χ1n) is 7.35. The highest BCUT2D eigenvalue weighted by Gasteiger charge is 2.13. The van der Waals surface area contributed by atoms with E-state index in [1.807, 2.05) is 38.1 Å². The second kappa shape index (κ2) is 6.95. The van der Waals surface area contributed by atoms with Gasteiger partial charge in [-0.2, -0.15) is 0 Å². The number of carbonyl (C=O) groups excluding carboxylic acids is 1. The lowest BCUT2D eigenvalue weighted by Gasteiger charge is -2.18. The van der Waals surface area contributed by atoms with Gasteiger partial charge in [-0.05, 0) is 67.3 Å². The van der Waals surface area contributed by atoms with Crippen LogP contribution in [0.15, 0.2) is 36.4 Å². The van der Waals surface area contributed by atoms with Gasteiger partial charge < -0.3 is 10.6 Å². The van der Waals surface area contributed by atoms with Crippen LogP contribution in [0.4, 0.5) is 5.69 Å². The van der Waals surface area contributed by atoms with Crippen molar-refractivity contribution in [3.8, 4) is 0 Å². The minimum atomic E-state index is -0.0417. The number of fused-ring (bicyclic) bond motifs is 1. The van der Waals surface area contributed by atoms with Crippen LogP contribution in [-0.2, 0) is 13.0 Å². The van der Waals surface area contributed by atoms with E-state index in [2.05, 4.69) is 22.8 Å². The van der Waals surface area contributed by atoms with E-state index < -0.39 is 0 Å². The molecule has 0 atom stereocenters. The van der Waals surface area contributed by atoms with Crippen molar-refractivity contribution in [1.29, 1.82) is 0 Å². The number of hydrogen-bond donors (Lipinski definition) is 2. The van der Waals surface area contributed by atoms with Gasteiger partial charge in [0.1, 0.15) is 0 Å². The van der Waals surface area contributed by atoms with E-state index in [0.29, 0.717) is 0 Å². The van der Waals surface area contributed by atoms with Crippen molar-refractivity contribution < 1.29 is 4.79 Å². The van der Waals surface area contributed by atoms with Crippen LogP contribution in [0.5, 0.6) is 0 Å². The van der Waals surface area contributed by atoms with E-state index in [4.69, 9.17) is 0 Å². The van der Waals surface area contributed by atoms with Gasteiger partial charge in [-0.25, -0.2) is 0 Å². The zero-order chi connectivity index (χ0) is 14.8. The number of amides is 1. The SMILES string of the molecule is Cc1cccc(C(=O)Nc2ccc3c(c2)CNCC3)c1C.Cl. The Kier molecular flexibility index (Phi) is 5.22. The Morgan fingerprint density at radius 2 is 1.95 bits per heavy atom. The topological polar surface area (TPSA) is 41.1 Å². The first kappa shape index (κ1) is 16.5. The van der Waals surface area contributed by atoms with Crippen molar-refractivity contribution in [3.05, 3.63) is 64.2 Å². The number of nitrogens with one attached hydrogen (secondary N) is 2. The average molecular weight is 317 g/mol. The van der Waals surface area contributed by atoms with E-state index in [1.165, 1.54) is 11.1 Å². The first-order valence-corrected chi connectivity index (χ1v) is 7.35. The molecule has 0 unspecified atom stereocenters. The van der Waals surface area contributed by atoms with Crippen LogP contribution in [0.3, 0.4) is 0 Å². The van der Waals surface area contributed by atoms with E-state index in [9.17, 15) is 4.79 Å². The average Bonchev–Trinajstić information content (AvgIpc) is 2.50. The molecule has 0 bridgehead atoms. The molecular formula is C18H21ClN2O. The molecule has 0 saturated heterocycles. The Morgan fingerprint density at radius 3 is 2.77 bits per heavy atom. The van der Waals surface area contributed by atoms with Crippen molar-refractivity contribution in [3.63, 3.8) is 0 Å². The van der Waals surface area contributed by atoms with Crippen LogP contribution in [0.1, 0.15) is 32.6 Å². The maximum atomic E-state index is 12.4. The third kappa shape index (κ3) is 3.32. The van der Waals surface area contributed by atoms with Crippen LogP contribution in [0, 0.1) is 13.8 Å². The summed E-state index contributed by atoms with van der Waals surface area (Å²) in [6.45, 7) is 5.92. The highest BCUT2D eigenvalue weighted by molar-refractivity contribution is 6.05. The monoisotopic (exact) mass is 316 g/mol. The van der Waals surface area contributed by atoms with E-state index in [1.54, 1.807) is 0 Å². The standard InChI is InChI=1S/C18H20N2O.ClH/c1-12-4-3-5-17(13(12)2)18(21)20-16-7-6-14-8-9-19-11-15(14)10-16;/h3-7,10,19H,8-9,11H2,1-2H3,(H,20,21);1H. The third-order valence-corrected chi connectivity index (χ3v) is 4.20. The molecule has 3 rings (SSSR count). The molecule has 1 aliphatic heterocycles. The zero-order valence-electron chi connectivity index (χ0n) is 12.9. The molecule has 0 saturated carbocycles. The number of benzene rings is 2. The maximum Gasteiger partial charge on any atom is 0.255 e. The number of aryl methyl sites for hydroxylation is 1. The molecule has 2 aromatic carbocycles. The largest absolute Gasteiger partial charge is 0.322 e.